The van der Waals surface area contributed by atoms with Gasteiger partial charge < -0.3 is 9.87 Å². The average Bonchev–Trinajstić information content (AvgIpc) is 2.86. The fraction of sp³-hybridized carbons (Fsp3) is 0.538. The van der Waals surface area contributed by atoms with Crippen molar-refractivity contribution >= 4 is 28.4 Å². The highest BCUT2D eigenvalue weighted by Crippen LogP contribution is 2.19. The highest BCUT2D eigenvalue weighted by Gasteiger charge is 2.17. The van der Waals surface area contributed by atoms with Gasteiger partial charge in [0.15, 0.2) is 0 Å². The van der Waals surface area contributed by atoms with Gasteiger partial charge in [-0.3, -0.25) is 4.79 Å². The Morgan fingerprint density at radius 2 is 2.37 bits per heavy atom. The molecule has 1 N–H and O–H groups in total. The van der Waals surface area contributed by atoms with Crippen LogP contribution < -0.4 is 5.32 Å². The lowest BCUT2D eigenvalue weighted by molar-refractivity contribution is 0.0958. The van der Waals surface area contributed by atoms with Crippen LogP contribution in [-0.2, 0) is 11.2 Å². The molecular weight excluding hydrogens is 280 g/mol. The molecule has 1 atom stereocenters. The van der Waals surface area contributed by atoms with E-state index in [2.05, 4.69) is 36.3 Å². The van der Waals surface area contributed by atoms with E-state index in [4.69, 9.17) is 0 Å². The van der Waals surface area contributed by atoms with Gasteiger partial charge in [0, 0.05) is 17.7 Å². The van der Waals surface area contributed by atoms with E-state index >= 15 is 0 Å². The summed E-state index contributed by atoms with van der Waals surface area (Å²) in [5.41, 5.74) is 0. The zero-order valence-corrected chi connectivity index (χ0v) is 13.1. The second kappa shape index (κ2) is 8.35. The van der Waals surface area contributed by atoms with Crippen LogP contribution in [0, 0.1) is 5.92 Å². The summed E-state index contributed by atoms with van der Waals surface area (Å²) in [5, 5.41) is 2.82. The van der Waals surface area contributed by atoms with Crippen LogP contribution in [0.15, 0.2) is 22.7 Å². The highest BCUT2D eigenvalue weighted by molar-refractivity contribution is 7.93. The Kier molecular flexibility index (Phi) is 7.12. The lowest BCUT2D eigenvalue weighted by Gasteiger charge is -2.02. The predicted octanol–water partition coefficient (Wildman–Crippen LogP) is 2.60. The molecule has 1 unspecified atom stereocenters. The summed E-state index contributed by atoms with van der Waals surface area (Å²) >= 11 is 0.117. The van der Waals surface area contributed by atoms with Gasteiger partial charge in [-0.05, 0) is 19.3 Å². The van der Waals surface area contributed by atoms with E-state index in [1.165, 1.54) is 17.5 Å². The molecule has 1 aromatic heterocycles. The Morgan fingerprint density at radius 1 is 1.63 bits per heavy atom. The van der Waals surface area contributed by atoms with Crippen LogP contribution in [0.2, 0.25) is 0 Å². The molecule has 1 rings (SSSR count). The van der Waals surface area contributed by atoms with Crippen LogP contribution in [0.5, 0.6) is 0 Å². The number of carbonyl (C=O) groups is 1. The average molecular weight is 300 g/mol. The maximum atomic E-state index is 11.8. The molecule has 1 amide bonds. The van der Waals surface area contributed by atoms with Crippen molar-refractivity contribution in [3.63, 3.8) is 0 Å². The number of allylic oxidation sites excluding steroid dienone is 1. The second-order valence-corrected chi connectivity index (χ2v) is 7.29. The van der Waals surface area contributed by atoms with E-state index in [0.29, 0.717) is 27.4 Å². The third-order valence-corrected chi connectivity index (χ3v) is 4.90. The Balaban J connectivity index is 2.39. The molecule has 106 valence electrons. The first kappa shape index (κ1) is 16.2. The molecule has 0 saturated heterocycles. The number of rotatable bonds is 7. The fourth-order valence-electron chi connectivity index (χ4n) is 1.32. The third-order valence-electron chi connectivity index (χ3n) is 2.28. The van der Waals surface area contributed by atoms with E-state index in [9.17, 15) is 9.35 Å². The number of nitrogens with zero attached hydrogens (tertiary/aromatic N) is 1. The van der Waals surface area contributed by atoms with Crippen molar-refractivity contribution in [3.05, 3.63) is 23.2 Å². The molecule has 0 saturated carbocycles. The van der Waals surface area contributed by atoms with Crippen LogP contribution in [0.1, 0.15) is 36.9 Å². The quantitative estimate of drug-likeness (QED) is 0.478. The van der Waals surface area contributed by atoms with Gasteiger partial charge in [-0.25, -0.2) is 0 Å². The molecule has 1 aromatic rings. The van der Waals surface area contributed by atoms with Gasteiger partial charge in [0.2, 0.25) is 0 Å². The lowest BCUT2D eigenvalue weighted by atomic mass is 10.2. The molecule has 0 aliphatic heterocycles. The smallest absolute Gasteiger partial charge is 0.302 e. The van der Waals surface area contributed by atoms with Gasteiger partial charge in [0.25, 0.3) is 5.91 Å². The predicted molar refractivity (Wildman–Crippen MR) is 80.0 cm³/mol. The van der Waals surface area contributed by atoms with Crippen molar-refractivity contribution in [2.45, 2.75) is 31.5 Å². The maximum absolute atomic E-state index is 11.8. The summed E-state index contributed by atoms with van der Waals surface area (Å²) in [5.74, 6) is 0.910. The van der Waals surface area contributed by atoms with Crippen molar-refractivity contribution in [1.29, 1.82) is 0 Å². The SMILES string of the molecule is CC[S+]([O-])c1ncc(C(=O)NCC/C=C/C(C)C)s1. The minimum absolute atomic E-state index is 0.144. The summed E-state index contributed by atoms with van der Waals surface area (Å²) in [7, 11) is 0. The number of nitrogens with one attached hydrogen (secondary N) is 1. The van der Waals surface area contributed by atoms with Crippen molar-refractivity contribution in [3.8, 4) is 0 Å². The molecule has 4 nitrogen and oxygen atoms in total. The minimum Gasteiger partial charge on any atom is -0.610 e. The molecule has 0 spiro atoms. The zero-order valence-electron chi connectivity index (χ0n) is 11.5. The molecule has 0 aliphatic carbocycles. The minimum atomic E-state index is -1.08. The molecule has 0 fully saturated rings. The molecule has 1 heterocycles. The van der Waals surface area contributed by atoms with Crippen molar-refractivity contribution in [2.75, 3.05) is 12.3 Å². The summed E-state index contributed by atoms with van der Waals surface area (Å²) in [4.78, 5) is 16.3. The van der Waals surface area contributed by atoms with Crippen molar-refractivity contribution in [2.24, 2.45) is 5.92 Å². The van der Waals surface area contributed by atoms with Gasteiger partial charge in [-0.15, -0.1) is 0 Å². The van der Waals surface area contributed by atoms with Crippen molar-refractivity contribution in [1.82, 2.24) is 10.3 Å². The Bertz CT molecular complexity index is 430. The maximum Gasteiger partial charge on any atom is 0.302 e. The van der Waals surface area contributed by atoms with Gasteiger partial charge in [-0.2, -0.15) is 4.98 Å². The molecule has 0 aromatic carbocycles. The van der Waals surface area contributed by atoms with E-state index < -0.39 is 11.2 Å². The van der Waals surface area contributed by atoms with E-state index in [0.717, 1.165) is 6.42 Å². The van der Waals surface area contributed by atoms with E-state index in [1.807, 2.05) is 6.92 Å². The van der Waals surface area contributed by atoms with Gasteiger partial charge >= 0.3 is 4.34 Å². The molecule has 0 aliphatic rings. The molecule has 19 heavy (non-hydrogen) atoms. The monoisotopic (exact) mass is 300 g/mol. The standard InChI is InChI=1S/C13H20N2O2S2/c1-4-19(17)13-15-9-11(18-13)12(16)14-8-6-5-7-10(2)3/h5,7,9-10H,4,6,8H2,1-3H3,(H,14,16)/b7-5+. The zero-order chi connectivity index (χ0) is 14.3. The molecular formula is C13H20N2O2S2. The Labute approximate surface area is 121 Å². The number of amides is 1. The first-order chi connectivity index (χ1) is 9.04. The summed E-state index contributed by atoms with van der Waals surface area (Å²) in [6.45, 7) is 6.66. The van der Waals surface area contributed by atoms with Crippen LogP contribution in [0.25, 0.3) is 0 Å². The second-order valence-electron chi connectivity index (χ2n) is 4.34. The highest BCUT2D eigenvalue weighted by atomic mass is 32.2. The van der Waals surface area contributed by atoms with Crippen LogP contribution in [0.3, 0.4) is 0 Å². The van der Waals surface area contributed by atoms with E-state index in [-0.39, 0.29) is 5.91 Å². The van der Waals surface area contributed by atoms with Gasteiger partial charge in [0.05, 0.1) is 6.20 Å². The molecule has 6 heteroatoms. The van der Waals surface area contributed by atoms with Crippen LogP contribution in [-0.4, -0.2) is 27.7 Å². The van der Waals surface area contributed by atoms with Crippen LogP contribution in [0.4, 0.5) is 0 Å². The lowest BCUT2D eigenvalue weighted by Crippen LogP contribution is -2.23. The normalized spacial score (nSPS) is 13.1. The van der Waals surface area contributed by atoms with Gasteiger partial charge in [-0.1, -0.05) is 37.3 Å². The van der Waals surface area contributed by atoms with Crippen LogP contribution >= 0.6 is 11.3 Å². The Morgan fingerprint density at radius 3 is 3.00 bits per heavy atom. The first-order valence-corrected chi connectivity index (χ1v) is 8.47. The van der Waals surface area contributed by atoms with E-state index in [1.54, 1.807) is 0 Å². The first-order valence-electron chi connectivity index (χ1n) is 6.33. The largest absolute Gasteiger partial charge is 0.610 e. The number of aromatic nitrogens is 1. The number of carbonyl (C=O) groups excluding carboxylic acids is 1. The number of hydrogen-bond acceptors (Lipinski definition) is 4. The Hall–Kier alpha value is -0.850. The van der Waals surface area contributed by atoms with Crippen molar-refractivity contribution < 1.29 is 9.35 Å². The number of hydrogen-bond donors (Lipinski definition) is 1. The summed E-state index contributed by atoms with van der Waals surface area (Å²) in [6, 6.07) is 0. The third kappa shape index (κ3) is 5.76. The van der Waals surface area contributed by atoms with Gasteiger partial charge in [0.1, 0.15) is 10.6 Å². The molecule has 0 bridgehead atoms. The summed E-state index contributed by atoms with van der Waals surface area (Å²) < 4.78 is 12.1. The topological polar surface area (TPSA) is 65.0 Å². The summed E-state index contributed by atoms with van der Waals surface area (Å²) in [6.07, 6.45) is 6.49. The number of thiazole rings is 1. The molecule has 0 radical (unpaired) electrons. The fourth-order valence-corrected chi connectivity index (χ4v) is 3.29.